The summed E-state index contributed by atoms with van der Waals surface area (Å²) in [6, 6.07) is 0. The highest BCUT2D eigenvalue weighted by molar-refractivity contribution is 6.07. The predicted octanol–water partition coefficient (Wildman–Crippen LogP) is 1.29. The molecule has 0 saturated heterocycles. The van der Waals surface area contributed by atoms with Crippen LogP contribution in [0.25, 0.3) is 0 Å². The van der Waals surface area contributed by atoms with Gasteiger partial charge in [-0.3, -0.25) is 9.59 Å². The van der Waals surface area contributed by atoms with Crippen LogP contribution in [0.15, 0.2) is 0 Å². The first kappa shape index (κ1) is 15.0. The van der Waals surface area contributed by atoms with Gasteiger partial charge in [0.25, 0.3) is 0 Å². The summed E-state index contributed by atoms with van der Waals surface area (Å²) in [6.45, 7) is 2.32. The topological polar surface area (TPSA) is 120 Å². The molecule has 1 aromatic heterocycles. The molecule has 0 spiro atoms. The SMILES string of the molecule is CC(=O)OCC(=O)c1nc(N)c(C)c(C2CC2)c1C(=O)O. The largest absolute Gasteiger partial charge is 0.478 e. The molecule has 7 heteroatoms. The van der Waals surface area contributed by atoms with Gasteiger partial charge in [-0.25, -0.2) is 9.78 Å². The highest BCUT2D eigenvalue weighted by Gasteiger charge is 2.34. The number of pyridine rings is 1. The normalized spacial score (nSPS) is 13.8. The molecular formula is C14H16N2O5. The van der Waals surface area contributed by atoms with Crippen molar-refractivity contribution in [3.63, 3.8) is 0 Å². The molecule has 112 valence electrons. The highest BCUT2D eigenvalue weighted by atomic mass is 16.5. The quantitative estimate of drug-likeness (QED) is 0.619. The van der Waals surface area contributed by atoms with E-state index < -0.39 is 24.3 Å². The van der Waals surface area contributed by atoms with Crippen molar-refractivity contribution in [1.82, 2.24) is 4.98 Å². The maximum absolute atomic E-state index is 12.1. The number of nitrogens with two attached hydrogens (primary N) is 1. The molecule has 1 fully saturated rings. The summed E-state index contributed by atoms with van der Waals surface area (Å²) in [5.74, 6) is -2.28. The van der Waals surface area contributed by atoms with Crippen LogP contribution in [0.4, 0.5) is 5.82 Å². The molecule has 1 aliphatic carbocycles. The van der Waals surface area contributed by atoms with Crippen LogP contribution in [0.5, 0.6) is 0 Å². The van der Waals surface area contributed by atoms with Crippen LogP contribution in [0.3, 0.4) is 0 Å². The molecule has 0 unspecified atom stereocenters. The number of hydrogen-bond acceptors (Lipinski definition) is 6. The summed E-state index contributed by atoms with van der Waals surface area (Å²) >= 11 is 0. The van der Waals surface area contributed by atoms with E-state index in [9.17, 15) is 19.5 Å². The van der Waals surface area contributed by atoms with Crippen LogP contribution in [0.1, 0.15) is 57.7 Å². The molecule has 1 aliphatic rings. The van der Waals surface area contributed by atoms with Crippen LogP contribution < -0.4 is 5.73 Å². The number of anilines is 1. The van der Waals surface area contributed by atoms with Crippen LogP contribution in [0.2, 0.25) is 0 Å². The van der Waals surface area contributed by atoms with E-state index in [1.54, 1.807) is 6.92 Å². The molecule has 1 heterocycles. The molecule has 1 aromatic rings. The number of aromatic carboxylic acids is 1. The van der Waals surface area contributed by atoms with Gasteiger partial charge in [-0.1, -0.05) is 0 Å². The third kappa shape index (κ3) is 3.01. The van der Waals surface area contributed by atoms with Gasteiger partial charge in [0, 0.05) is 6.92 Å². The number of hydrogen-bond donors (Lipinski definition) is 2. The lowest BCUT2D eigenvalue weighted by atomic mass is 9.95. The Morgan fingerprint density at radius 1 is 1.38 bits per heavy atom. The van der Waals surface area contributed by atoms with Gasteiger partial charge in [-0.05, 0) is 36.8 Å². The second-order valence-corrected chi connectivity index (χ2v) is 5.04. The van der Waals surface area contributed by atoms with Gasteiger partial charge < -0.3 is 15.6 Å². The summed E-state index contributed by atoms with van der Waals surface area (Å²) in [7, 11) is 0. The van der Waals surface area contributed by atoms with Crippen molar-refractivity contribution in [2.24, 2.45) is 0 Å². The first-order valence-corrected chi connectivity index (χ1v) is 6.52. The molecule has 0 aliphatic heterocycles. The number of Topliss-reactive ketones (excluding diaryl/α,β-unsaturated/α-hetero) is 1. The summed E-state index contributed by atoms with van der Waals surface area (Å²) < 4.78 is 4.62. The third-order valence-corrected chi connectivity index (χ3v) is 3.40. The maximum atomic E-state index is 12.1. The van der Waals surface area contributed by atoms with E-state index in [1.807, 2.05) is 0 Å². The molecule has 0 radical (unpaired) electrons. The Kier molecular flexibility index (Phi) is 3.93. The van der Waals surface area contributed by atoms with Gasteiger partial charge in [0.15, 0.2) is 6.61 Å². The van der Waals surface area contributed by atoms with Crippen molar-refractivity contribution < 1.29 is 24.2 Å². The number of rotatable bonds is 5. The number of carboxylic acids is 1. The lowest BCUT2D eigenvalue weighted by Gasteiger charge is -2.14. The van der Waals surface area contributed by atoms with Gasteiger partial charge in [-0.2, -0.15) is 0 Å². The fraction of sp³-hybridized carbons (Fsp3) is 0.429. The Labute approximate surface area is 121 Å². The molecule has 21 heavy (non-hydrogen) atoms. The van der Waals surface area contributed by atoms with Crippen LogP contribution in [-0.2, 0) is 9.53 Å². The third-order valence-electron chi connectivity index (χ3n) is 3.40. The van der Waals surface area contributed by atoms with E-state index in [1.165, 1.54) is 0 Å². The molecule has 1 saturated carbocycles. The summed E-state index contributed by atoms with van der Waals surface area (Å²) in [5.41, 5.74) is 6.59. The van der Waals surface area contributed by atoms with Crippen molar-refractivity contribution in [2.75, 3.05) is 12.3 Å². The monoisotopic (exact) mass is 292 g/mol. The van der Waals surface area contributed by atoms with Crippen molar-refractivity contribution >= 4 is 23.5 Å². The van der Waals surface area contributed by atoms with Gasteiger partial charge >= 0.3 is 11.9 Å². The number of aromatic nitrogens is 1. The molecule has 3 N–H and O–H groups in total. The van der Waals surface area contributed by atoms with E-state index in [2.05, 4.69) is 9.72 Å². The Morgan fingerprint density at radius 3 is 2.48 bits per heavy atom. The van der Waals surface area contributed by atoms with E-state index >= 15 is 0 Å². The second kappa shape index (κ2) is 5.51. The number of esters is 1. The second-order valence-electron chi connectivity index (χ2n) is 5.04. The van der Waals surface area contributed by atoms with Gasteiger partial charge in [0.05, 0.1) is 5.56 Å². The number of ether oxygens (including phenoxy) is 1. The first-order valence-electron chi connectivity index (χ1n) is 6.52. The Morgan fingerprint density at radius 2 is 2.00 bits per heavy atom. The highest BCUT2D eigenvalue weighted by Crippen LogP contribution is 2.44. The smallest absolute Gasteiger partial charge is 0.338 e. The number of ketones is 1. The van der Waals surface area contributed by atoms with Crippen molar-refractivity contribution in [1.29, 1.82) is 0 Å². The van der Waals surface area contributed by atoms with Gasteiger partial charge in [-0.15, -0.1) is 0 Å². The van der Waals surface area contributed by atoms with E-state index in [-0.39, 0.29) is 23.0 Å². The molecule has 0 aromatic carbocycles. The number of nitrogens with zero attached hydrogens (tertiary/aromatic N) is 1. The molecule has 7 nitrogen and oxygen atoms in total. The lowest BCUT2D eigenvalue weighted by Crippen LogP contribution is -2.21. The number of nitrogen functional groups attached to an aromatic ring is 1. The van der Waals surface area contributed by atoms with Crippen molar-refractivity contribution in [3.05, 3.63) is 22.4 Å². The van der Waals surface area contributed by atoms with Crippen molar-refractivity contribution in [3.8, 4) is 0 Å². The summed E-state index contributed by atoms with van der Waals surface area (Å²) in [5, 5.41) is 9.42. The number of carboxylic acid groups (broad SMARTS) is 1. The Bertz CT molecular complexity index is 635. The standard InChI is InChI=1S/C14H16N2O5/c1-6-10(8-3-4-8)11(14(19)20)12(16-13(6)15)9(18)5-21-7(2)17/h8H,3-5H2,1-2H3,(H2,15,16)(H,19,20). The molecule has 0 amide bonds. The molecular weight excluding hydrogens is 276 g/mol. The lowest BCUT2D eigenvalue weighted by molar-refractivity contribution is -0.139. The average molecular weight is 292 g/mol. The van der Waals surface area contributed by atoms with Crippen LogP contribution >= 0.6 is 0 Å². The van der Waals surface area contributed by atoms with E-state index in [0.717, 1.165) is 19.8 Å². The zero-order valence-electron chi connectivity index (χ0n) is 11.8. The zero-order chi connectivity index (χ0) is 15.7. The molecule has 0 bridgehead atoms. The van der Waals surface area contributed by atoms with Crippen LogP contribution in [-0.4, -0.2) is 34.4 Å². The fourth-order valence-corrected chi connectivity index (χ4v) is 2.25. The van der Waals surface area contributed by atoms with E-state index in [4.69, 9.17) is 5.73 Å². The fourth-order valence-electron chi connectivity index (χ4n) is 2.25. The Hall–Kier alpha value is -2.44. The first-order chi connectivity index (χ1) is 9.82. The van der Waals surface area contributed by atoms with Crippen molar-refractivity contribution in [2.45, 2.75) is 32.6 Å². The molecule has 0 atom stereocenters. The maximum Gasteiger partial charge on any atom is 0.338 e. The Balaban J connectivity index is 2.51. The predicted molar refractivity (Wildman–Crippen MR) is 73.3 cm³/mol. The summed E-state index contributed by atoms with van der Waals surface area (Å²) in [6.07, 6.45) is 1.73. The van der Waals surface area contributed by atoms with Gasteiger partial charge in [0.1, 0.15) is 11.5 Å². The minimum absolute atomic E-state index is 0.0988. The minimum atomic E-state index is -1.22. The average Bonchev–Trinajstić information content (AvgIpc) is 3.22. The van der Waals surface area contributed by atoms with E-state index in [0.29, 0.717) is 11.1 Å². The summed E-state index contributed by atoms with van der Waals surface area (Å²) in [4.78, 5) is 38.3. The number of carbonyl (C=O) groups is 3. The number of carbonyl (C=O) groups excluding carboxylic acids is 2. The minimum Gasteiger partial charge on any atom is -0.478 e. The van der Waals surface area contributed by atoms with Crippen LogP contribution in [0, 0.1) is 6.92 Å². The zero-order valence-corrected chi connectivity index (χ0v) is 11.8. The molecule has 2 rings (SSSR count). The van der Waals surface area contributed by atoms with Gasteiger partial charge in [0.2, 0.25) is 5.78 Å².